The van der Waals surface area contributed by atoms with Gasteiger partial charge in [-0.25, -0.2) is 0 Å². The van der Waals surface area contributed by atoms with Crippen LogP contribution in [0, 0.1) is 5.92 Å². The minimum atomic E-state index is 0.112. The van der Waals surface area contributed by atoms with Crippen molar-refractivity contribution in [3.63, 3.8) is 0 Å². The molecule has 0 bridgehead atoms. The van der Waals surface area contributed by atoms with Gasteiger partial charge in [0.2, 0.25) is 0 Å². The summed E-state index contributed by atoms with van der Waals surface area (Å²) in [6.07, 6.45) is 2.45. The number of carbonyl (C=O) groups excluding carboxylic acids is 1. The summed E-state index contributed by atoms with van der Waals surface area (Å²) in [5, 5.41) is 3.11. The summed E-state index contributed by atoms with van der Waals surface area (Å²) in [7, 11) is 0. The number of likely N-dealkylation sites (tertiary alicyclic amines) is 1. The van der Waals surface area contributed by atoms with Gasteiger partial charge in [0.05, 0.1) is 18.8 Å². The lowest BCUT2D eigenvalue weighted by Crippen LogP contribution is -3.14. The Labute approximate surface area is 148 Å². The predicted octanol–water partition coefficient (Wildman–Crippen LogP) is 3.09. The monoisotopic (exact) mass is 341 g/mol. The highest BCUT2D eigenvalue weighted by Crippen LogP contribution is 2.33. The van der Waals surface area contributed by atoms with Gasteiger partial charge in [-0.1, -0.05) is 49.0 Å². The maximum atomic E-state index is 12.4. The van der Waals surface area contributed by atoms with Crippen molar-refractivity contribution in [1.29, 1.82) is 0 Å². The topological polar surface area (TPSA) is 33.5 Å². The van der Waals surface area contributed by atoms with E-state index < -0.39 is 0 Å². The minimum Gasteiger partial charge on any atom is -0.327 e. The van der Waals surface area contributed by atoms with Gasteiger partial charge >= 0.3 is 0 Å². The SMILES string of the molecule is CC1CC[NH+](CC(=O)Nc2ccccc2Sc2ccccc2)CC1. The van der Waals surface area contributed by atoms with E-state index in [0.717, 1.165) is 29.6 Å². The molecule has 4 heteroatoms. The molecular weight excluding hydrogens is 316 g/mol. The predicted molar refractivity (Wildman–Crippen MR) is 99.6 cm³/mol. The highest BCUT2D eigenvalue weighted by Gasteiger charge is 2.21. The van der Waals surface area contributed by atoms with Crippen molar-refractivity contribution in [2.24, 2.45) is 5.92 Å². The van der Waals surface area contributed by atoms with Crippen LogP contribution in [0.5, 0.6) is 0 Å². The first kappa shape index (κ1) is 17.1. The molecule has 2 aromatic carbocycles. The van der Waals surface area contributed by atoms with Crippen molar-refractivity contribution in [3.05, 3.63) is 54.6 Å². The smallest absolute Gasteiger partial charge is 0.279 e. The van der Waals surface area contributed by atoms with Crippen LogP contribution in [-0.2, 0) is 4.79 Å². The number of piperidine rings is 1. The first-order chi connectivity index (χ1) is 11.7. The summed E-state index contributed by atoms with van der Waals surface area (Å²) in [5.74, 6) is 0.917. The van der Waals surface area contributed by atoms with Crippen molar-refractivity contribution in [1.82, 2.24) is 0 Å². The molecule has 0 spiro atoms. The molecule has 3 rings (SSSR count). The van der Waals surface area contributed by atoms with Crippen LogP contribution < -0.4 is 10.2 Å². The zero-order valence-electron chi connectivity index (χ0n) is 14.1. The first-order valence-corrected chi connectivity index (χ1v) is 9.47. The maximum Gasteiger partial charge on any atom is 0.279 e. The van der Waals surface area contributed by atoms with E-state index in [1.807, 2.05) is 36.4 Å². The molecule has 0 unspecified atom stereocenters. The Kier molecular flexibility index (Phi) is 5.94. The van der Waals surface area contributed by atoms with E-state index in [0.29, 0.717) is 6.54 Å². The minimum absolute atomic E-state index is 0.112. The molecule has 1 amide bonds. The summed E-state index contributed by atoms with van der Waals surface area (Å²) in [4.78, 5) is 16.1. The standard InChI is InChI=1S/C20H24N2OS/c1-16-11-13-22(14-12-16)15-20(23)21-18-9-5-6-10-19(18)24-17-7-3-2-4-8-17/h2-10,16H,11-15H2,1H3,(H,21,23)/p+1. The molecule has 1 aliphatic heterocycles. The molecular formula is C20H25N2OS+. The van der Waals surface area contributed by atoms with E-state index in [-0.39, 0.29) is 5.91 Å². The van der Waals surface area contributed by atoms with Gasteiger partial charge in [-0.15, -0.1) is 0 Å². The maximum absolute atomic E-state index is 12.4. The summed E-state index contributed by atoms with van der Waals surface area (Å²) in [5.41, 5.74) is 0.904. The Hall–Kier alpha value is -1.78. The number of amides is 1. The van der Waals surface area contributed by atoms with Crippen LogP contribution in [0.1, 0.15) is 19.8 Å². The molecule has 126 valence electrons. The Morgan fingerprint density at radius 2 is 1.75 bits per heavy atom. The fourth-order valence-electron chi connectivity index (χ4n) is 3.04. The molecule has 2 N–H and O–H groups in total. The average Bonchev–Trinajstić information content (AvgIpc) is 2.60. The Morgan fingerprint density at radius 3 is 2.50 bits per heavy atom. The second-order valence-electron chi connectivity index (χ2n) is 6.57. The van der Waals surface area contributed by atoms with Crippen molar-refractivity contribution >= 4 is 23.4 Å². The fourth-order valence-corrected chi connectivity index (χ4v) is 3.97. The third-order valence-electron chi connectivity index (χ3n) is 4.52. The zero-order valence-corrected chi connectivity index (χ0v) is 14.9. The van der Waals surface area contributed by atoms with Gasteiger partial charge in [0.15, 0.2) is 6.54 Å². The number of benzene rings is 2. The van der Waals surface area contributed by atoms with Crippen molar-refractivity contribution in [2.75, 3.05) is 25.0 Å². The van der Waals surface area contributed by atoms with Gasteiger partial charge in [-0.2, -0.15) is 0 Å². The van der Waals surface area contributed by atoms with Crippen LogP contribution in [0.4, 0.5) is 5.69 Å². The highest BCUT2D eigenvalue weighted by molar-refractivity contribution is 7.99. The number of nitrogens with one attached hydrogen (secondary N) is 2. The van der Waals surface area contributed by atoms with Gasteiger partial charge in [0.25, 0.3) is 5.91 Å². The lowest BCUT2D eigenvalue weighted by Gasteiger charge is -2.26. The molecule has 24 heavy (non-hydrogen) atoms. The summed E-state index contributed by atoms with van der Waals surface area (Å²) in [6, 6.07) is 18.3. The van der Waals surface area contributed by atoms with Crippen LogP contribution in [0.2, 0.25) is 0 Å². The van der Waals surface area contributed by atoms with Crippen molar-refractivity contribution < 1.29 is 9.69 Å². The van der Waals surface area contributed by atoms with E-state index >= 15 is 0 Å². The Bertz CT molecular complexity index is 666. The van der Waals surface area contributed by atoms with Crippen molar-refractivity contribution in [3.8, 4) is 0 Å². The second-order valence-corrected chi connectivity index (χ2v) is 7.68. The van der Waals surface area contributed by atoms with Gasteiger partial charge < -0.3 is 10.2 Å². The molecule has 1 saturated heterocycles. The highest BCUT2D eigenvalue weighted by atomic mass is 32.2. The van der Waals surface area contributed by atoms with E-state index in [4.69, 9.17) is 0 Å². The number of carbonyl (C=O) groups is 1. The van der Waals surface area contributed by atoms with Crippen LogP contribution in [0.15, 0.2) is 64.4 Å². The molecule has 0 radical (unpaired) electrons. The summed E-state index contributed by atoms with van der Waals surface area (Å²) >= 11 is 1.68. The number of anilines is 1. The van der Waals surface area contributed by atoms with Crippen molar-refractivity contribution in [2.45, 2.75) is 29.6 Å². The Balaban J connectivity index is 1.61. The van der Waals surface area contributed by atoms with E-state index in [1.54, 1.807) is 11.8 Å². The molecule has 1 aliphatic rings. The number of para-hydroxylation sites is 1. The molecule has 0 saturated carbocycles. The van der Waals surface area contributed by atoms with E-state index in [9.17, 15) is 4.79 Å². The van der Waals surface area contributed by atoms with Gasteiger partial charge in [0.1, 0.15) is 0 Å². The second kappa shape index (κ2) is 8.36. The van der Waals surface area contributed by atoms with E-state index in [2.05, 4.69) is 30.4 Å². The van der Waals surface area contributed by atoms with Crippen LogP contribution in [-0.4, -0.2) is 25.5 Å². The molecule has 0 aliphatic carbocycles. The zero-order chi connectivity index (χ0) is 16.8. The molecule has 1 fully saturated rings. The number of quaternary nitrogens is 1. The van der Waals surface area contributed by atoms with Crippen LogP contribution in [0.25, 0.3) is 0 Å². The molecule has 2 aromatic rings. The number of rotatable bonds is 5. The number of hydrogen-bond acceptors (Lipinski definition) is 2. The quantitative estimate of drug-likeness (QED) is 0.876. The molecule has 0 aromatic heterocycles. The Morgan fingerprint density at radius 1 is 1.08 bits per heavy atom. The lowest BCUT2D eigenvalue weighted by molar-refractivity contribution is -0.897. The largest absolute Gasteiger partial charge is 0.327 e. The average molecular weight is 342 g/mol. The van der Waals surface area contributed by atoms with E-state index in [1.165, 1.54) is 22.6 Å². The summed E-state index contributed by atoms with van der Waals surface area (Å²) < 4.78 is 0. The molecule has 0 atom stereocenters. The normalized spacial score (nSPS) is 20.5. The van der Waals surface area contributed by atoms with Crippen LogP contribution in [0.3, 0.4) is 0 Å². The number of hydrogen-bond donors (Lipinski definition) is 2. The summed E-state index contributed by atoms with van der Waals surface area (Å²) in [6.45, 7) is 5.08. The third kappa shape index (κ3) is 4.86. The van der Waals surface area contributed by atoms with Crippen LogP contribution >= 0.6 is 11.8 Å². The lowest BCUT2D eigenvalue weighted by atomic mass is 9.99. The van der Waals surface area contributed by atoms with Gasteiger partial charge in [0, 0.05) is 9.79 Å². The fraction of sp³-hybridized carbons (Fsp3) is 0.350. The first-order valence-electron chi connectivity index (χ1n) is 8.66. The van der Waals surface area contributed by atoms with Gasteiger partial charge in [-0.3, -0.25) is 4.79 Å². The third-order valence-corrected chi connectivity index (χ3v) is 5.61. The molecule has 3 nitrogen and oxygen atoms in total. The molecule has 1 heterocycles. The van der Waals surface area contributed by atoms with Gasteiger partial charge in [-0.05, 0) is 43.0 Å².